The molecule has 1 aliphatic heterocycles. The van der Waals surface area contributed by atoms with Crippen LogP contribution in [0.4, 0.5) is 4.79 Å². The number of carbonyl (C=O) groups excluding carboxylic acids is 2. The molecule has 2 amide bonds. The number of halogens is 2. The van der Waals surface area contributed by atoms with Gasteiger partial charge < -0.3 is 9.26 Å². The van der Waals surface area contributed by atoms with E-state index >= 15 is 0 Å². The van der Waals surface area contributed by atoms with Crippen LogP contribution in [-0.4, -0.2) is 26.3 Å². The number of rotatable bonds is 4. The van der Waals surface area contributed by atoms with Gasteiger partial charge in [0.1, 0.15) is 0 Å². The van der Waals surface area contributed by atoms with Gasteiger partial charge in [0, 0.05) is 21.7 Å². The van der Waals surface area contributed by atoms with Crippen LogP contribution in [0.2, 0.25) is 10.0 Å². The number of cyclic esters (lactones) is 1. The molecule has 6 rings (SSSR count). The third-order valence-corrected chi connectivity index (χ3v) is 6.94. The molecule has 0 unspecified atom stereocenters. The number of imide groups is 1. The lowest BCUT2D eigenvalue weighted by molar-refractivity contribution is -0.130. The molecule has 0 bridgehead atoms. The molecule has 3 heterocycles. The number of hydrogen-bond donors (Lipinski definition) is 1. The molecular formula is C25H16Cl2N4O5. The van der Waals surface area contributed by atoms with Gasteiger partial charge in [0.15, 0.2) is 11.4 Å². The fourth-order valence-corrected chi connectivity index (χ4v) is 4.79. The Morgan fingerprint density at radius 2 is 1.78 bits per heavy atom. The summed E-state index contributed by atoms with van der Waals surface area (Å²) in [6.45, 7) is 1.59. The van der Waals surface area contributed by atoms with E-state index in [2.05, 4.69) is 10.5 Å². The summed E-state index contributed by atoms with van der Waals surface area (Å²) < 4.78 is 13.7. The van der Waals surface area contributed by atoms with Crippen LogP contribution in [0.3, 0.4) is 0 Å². The summed E-state index contributed by atoms with van der Waals surface area (Å²) in [7, 11) is 0. The highest BCUT2D eigenvalue weighted by Gasteiger charge is 2.46. The summed E-state index contributed by atoms with van der Waals surface area (Å²) in [6.07, 6.45) is -0.820. The zero-order valence-corrected chi connectivity index (χ0v) is 20.1. The van der Waals surface area contributed by atoms with E-state index in [1.807, 2.05) is 24.3 Å². The van der Waals surface area contributed by atoms with E-state index in [0.29, 0.717) is 49.0 Å². The van der Waals surface area contributed by atoms with Crippen molar-refractivity contribution in [2.45, 2.75) is 19.1 Å². The second-order valence-corrected chi connectivity index (χ2v) is 9.37. The van der Waals surface area contributed by atoms with E-state index in [1.54, 1.807) is 41.0 Å². The summed E-state index contributed by atoms with van der Waals surface area (Å²) in [5.74, 6) is -0.240. The summed E-state index contributed by atoms with van der Waals surface area (Å²) >= 11 is 12.6. The predicted octanol–water partition coefficient (Wildman–Crippen LogP) is 4.77. The molecule has 180 valence electrons. The van der Waals surface area contributed by atoms with Gasteiger partial charge in [-0.1, -0.05) is 46.6 Å². The zero-order valence-electron chi connectivity index (χ0n) is 18.6. The Balaban J connectivity index is 1.50. The predicted molar refractivity (Wildman–Crippen MR) is 133 cm³/mol. The minimum Gasteiger partial charge on any atom is -0.428 e. The highest BCUT2D eigenvalue weighted by molar-refractivity contribution is 6.31. The maximum Gasteiger partial charge on any atom is 0.415 e. The van der Waals surface area contributed by atoms with Crippen molar-refractivity contribution in [1.29, 1.82) is 0 Å². The van der Waals surface area contributed by atoms with E-state index in [4.69, 9.17) is 32.5 Å². The molecular weight excluding hydrogens is 507 g/mol. The van der Waals surface area contributed by atoms with Gasteiger partial charge in [-0.05, 0) is 48.9 Å². The van der Waals surface area contributed by atoms with Gasteiger partial charge in [0.25, 0.3) is 5.91 Å². The van der Waals surface area contributed by atoms with Crippen LogP contribution >= 0.6 is 23.2 Å². The third-order valence-electron chi connectivity index (χ3n) is 6.33. The number of fused-ring (bicyclic) bond motifs is 2. The first kappa shape index (κ1) is 22.4. The normalized spacial score (nSPS) is 17.6. The lowest BCUT2D eigenvalue weighted by atomic mass is 9.94. The lowest BCUT2D eigenvalue weighted by Crippen LogP contribution is -2.33. The SMILES string of the molecule is C[C@]1(c2ccc(Cl)c(Cn3c(=O)n(-c4noc5cc(Cl)ccc45)c4ccccc43)c2)OC(=O)NC1=O. The van der Waals surface area contributed by atoms with Crippen molar-refractivity contribution in [3.05, 3.63) is 92.3 Å². The molecule has 11 heteroatoms. The number of carbonyl (C=O) groups is 2. The van der Waals surface area contributed by atoms with Crippen LogP contribution in [-0.2, 0) is 21.7 Å². The van der Waals surface area contributed by atoms with E-state index in [0.717, 1.165) is 0 Å². The van der Waals surface area contributed by atoms with Crippen molar-refractivity contribution >= 4 is 57.2 Å². The lowest BCUT2D eigenvalue weighted by Gasteiger charge is -2.21. The monoisotopic (exact) mass is 522 g/mol. The average Bonchev–Trinajstić information content (AvgIpc) is 3.46. The number of amides is 2. The van der Waals surface area contributed by atoms with Crippen molar-refractivity contribution in [3.63, 3.8) is 0 Å². The van der Waals surface area contributed by atoms with Crippen molar-refractivity contribution in [1.82, 2.24) is 19.6 Å². The molecule has 0 aliphatic carbocycles. The van der Waals surface area contributed by atoms with E-state index in [1.165, 1.54) is 11.5 Å². The molecule has 2 aromatic heterocycles. The van der Waals surface area contributed by atoms with E-state index in [9.17, 15) is 14.4 Å². The molecule has 1 aliphatic rings. The van der Waals surface area contributed by atoms with Gasteiger partial charge in [0.05, 0.1) is 23.0 Å². The fraction of sp³-hybridized carbons (Fsp3) is 0.120. The van der Waals surface area contributed by atoms with Gasteiger partial charge in [-0.3, -0.25) is 14.7 Å². The molecule has 36 heavy (non-hydrogen) atoms. The fourth-order valence-electron chi connectivity index (χ4n) is 4.45. The van der Waals surface area contributed by atoms with Crippen molar-refractivity contribution in [2.75, 3.05) is 0 Å². The quantitative estimate of drug-likeness (QED) is 0.364. The van der Waals surface area contributed by atoms with Crippen molar-refractivity contribution in [3.8, 4) is 5.82 Å². The van der Waals surface area contributed by atoms with Gasteiger partial charge >= 0.3 is 11.8 Å². The standard InChI is InChI=1S/C25H16Cl2N4O5/c1-25(22(32)28-23(33)35-25)14-6-9-17(27)13(10-14)12-30-18-4-2-3-5-19(18)31(24(30)34)21-16-8-7-15(26)11-20(16)36-29-21/h2-11H,12H2,1H3,(H,28,32,33)/t25-/m1/s1. The van der Waals surface area contributed by atoms with Crippen LogP contribution in [0.25, 0.3) is 27.8 Å². The summed E-state index contributed by atoms with van der Waals surface area (Å²) in [4.78, 5) is 37.8. The molecule has 1 atom stereocenters. The van der Waals surface area contributed by atoms with Crippen LogP contribution in [0.15, 0.2) is 70.0 Å². The first-order valence-corrected chi connectivity index (χ1v) is 11.6. The number of alkyl carbamates (subject to hydrolysis) is 1. The first-order chi connectivity index (χ1) is 17.3. The maximum absolute atomic E-state index is 13.8. The van der Waals surface area contributed by atoms with Crippen LogP contribution in [0.5, 0.6) is 0 Å². The van der Waals surface area contributed by atoms with Crippen LogP contribution in [0, 0.1) is 0 Å². The Morgan fingerprint density at radius 1 is 1.00 bits per heavy atom. The highest BCUT2D eigenvalue weighted by atomic mass is 35.5. The van der Waals surface area contributed by atoms with Crippen molar-refractivity contribution in [2.24, 2.45) is 0 Å². The van der Waals surface area contributed by atoms with Crippen LogP contribution in [0.1, 0.15) is 18.1 Å². The van der Waals surface area contributed by atoms with E-state index in [-0.39, 0.29) is 12.2 Å². The Morgan fingerprint density at radius 3 is 2.53 bits per heavy atom. The Labute approximate surface area is 212 Å². The molecule has 0 saturated carbocycles. The molecule has 0 radical (unpaired) electrons. The molecule has 5 aromatic rings. The minimum atomic E-state index is -1.50. The molecule has 9 nitrogen and oxygen atoms in total. The number of imidazole rings is 1. The topological polar surface area (TPSA) is 108 Å². The van der Waals surface area contributed by atoms with Crippen LogP contribution < -0.4 is 11.0 Å². The number of nitrogens with zero attached hydrogens (tertiary/aromatic N) is 3. The number of para-hydroxylation sites is 2. The van der Waals surface area contributed by atoms with Gasteiger partial charge in [-0.2, -0.15) is 0 Å². The zero-order chi connectivity index (χ0) is 25.2. The Bertz CT molecular complexity index is 1790. The Kier molecular flexibility index (Phi) is 4.96. The number of nitrogens with one attached hydrogen (secondary N) is 1. The second kappa shape index (κ2) is 7.97. The van der Waals surface area contributed by atoms with Gasteiger partial charge in [-0.15, -0.1) is 0 Å². The second-order valence-electron chi connectivity index (χ2n) is 8.52. The Hall–Kier alpha value is -4.08. The molecule has 0 spiro atoms. The maximum atomic E-state index is 13.8. The van der Waals surface area contributed by atoms with Crippen molar-refractivity contribution < 1.29 is 18.8 Å². The van der Waals surface area contributed by atoms with Gasteiger partial charge in [-0.25, -0.2) is 14.2 Å². The third kappa shape index (κ3) is 3.31. The van der Waals surface area contributed by atoms with Gasteiger partial charge in [0.2, 0.25) is 5.60 Å². The molecule has 3 aromatic carbocycles. The van der Waals surface area contributed by atoms with E-state index < -0.39 is 17.6 Å². The number of aromatic nitrogens is 3. The number of benzene rings is 3. The largest absolute Gasteiger partial charge is 0.428 e. The molecule has 1 fully saturated rings. The number of ether oxygens (including phenoxy) is 1. The number of hydrogen-bond acceptors (Lipinski definition) is 6. The molecule has 1 N–H and O–H groups in total. The smallest absolute Gasteiger partial charge is 0.415 e. The summed E-state index contributed by atoms with van der Waals surface area (Å²) in [6, 6.07) is 17.2. The molecule has 1 saturated heterocycles. The average molecular weight is 523 g/mol. The summed E-state index contributed by atoms with van der Waals surface area (Å²) in [5, 5.41) is 7.80. The first-order valence-electron chi connectivity index (χ1n) is 10.9. The highest BCUT2D eigenvalue weighted by Crippen LogP contribution is 2.33. The minimum absolute atomic E-state index is 0.0896. The summed E-state index contributed by atoms with van der Waals surface area (Å²) in [5.41, 5.74) is 0.848.